The smallest absolute Gasteiger partial charge is 0.224 e. The Morgan fingerprint density at radius 1 is 1.16 bits per heavy atom. The zero-order valence-electron chi connectivity index (χ0n) is 13.8. The third-order valence-electron chi connectivity index (χ3n) is 4.84. The molecule has 3 aromatic rings. The zero-order chi connectivity index (χ0) is 17.2. The summed E-state index contributed by atoms with van der Waals surface area (Å²) in [5.74, 6) is -0.0216. The molecule has 1 aliphatic rings. The van der Waals surface area contributed by atoms with Gasteiger partial charge in [-0.3, -0.25) is 4.79 Å². The minimum Gasteiger partial charge on any atom is -0.342 e. The lowest BCUT2D eigenvalue weighted by Crippen LogP contribution is -2.29. The first-order chi connectivity index (χ1) is 12.2. The van der Waals surface area contributed by atoms with E-state index in [9.17, 15) is 9.18 Å². The number of hydrogen-bond acceptors (Lipinski definition) is 3. The number of rotatable bonds is 4. The van der Waals surface area contributed by atoms with Gasteiger partial charge in [0.25, 0.3) is 0 Å². The van der Waals surface area contributed by atoms with Crippen molar-refractivity contribution < 1.29 is 9.18 Å². The van der Waals surface area contributed by atoms with Crippen LogP contribution in [0, 0.1) is 5.82 Å². The van der Waals surface area contributed by atoms with Crippen molar-refractivity contribution >= 4 is 16.9 Å². The summed E-state index contributed by atoms with van der Waals surface area (Å²) in [6.45, 7) is 1.76. The molecule has 0 aliphatic carbocycles. The Morgan fingerprint density at radius 3 is 2.84 bits per heavy atom. The average molecular weight is 338 g/mol. The molecular formula is C19H19FN4O. The number of nitrogens with zero attached hydrogens (tertiary/aromatic N) is 4. The van der Waals surface area contributed by atoms with E-state index in [1.807, 2.05) is 41.3 Å². The molecule has 1 atom stereocenters. The van der Waals surface area contributed by atoms with Crippen molar-refractivity contribution in [1.29, 1.82) is 0 Å². The first-order valence-electron chi connectivity index (χ1n) is 8.53. The fourth-order valence-electron chi connectivity index (χ4n) is 3.49. The fourth-order valence-corrected chi connectivity index (χ4v) is 3.49. The summed E-state index contributed by atoms with van der Waals surface area (Å²) >= 11 is 0. The van der Waals surface area contributed by atoms with Crippen molar-refractivity contribution in [3.05, 3.63) is 59.9 Å². The lowest BCUT2D eigenvalue weighted by molar-refractivity contribution is -0.130. The van der Waals surface area contributed by atoms with E-state index in [-0.39, 0.29) is 17.6 Å². The van der Waals surface area contributed by atoms with Gasteiger partial charge < -0.3 is 4.90 Å². The number of fused-ring (bicyclic) bond motifs is 1. The van der Waals surface area contributed by atoms with Crippen LogP contribution in [0.25, 0.3) is 11.0 Å². The van der Waals surface area contributed by atoms with Crippen LogP contribution in [0.4, 0.5) is 4.39 Å². The van der Waals surface area contributed by atoms with Gasteiger partial charge in [0.05, 0.1) is 12.1 Å². The molecule has 2 aromatic carbocycles. The molecule has 4 rings (SSSR count). The number of aryl methyl sites for hydroxylation is 1. The van der Waals surface area contributed by atoms with Crippen molar-refractivity contribution in [2.24, 2.45) is 0 Å². The zero-order valence-corrected chi connectivity index (χ0v) is 13.8. The lowest BCUT2D eigenvalue weighted by Gasteiger charge is -2.17. The largest absolute Gasteiger partial charge is 0.342 e. The summed E-state index contributed by atoms with van der Waals surface area (Å²) in [5.41, 5.74) is 2.47. The maximum absolute atomic E-state index is 13.9. The topological polar surface area (TPSA) is 51.0 Å². The molecule has 2 heterocycles. The van der Waals surface area contributed by atoms with E-state index >= 15 is 0 Å². The van der Waals surface area contributed by atoms with Gasteiger partial charge in [0, 0.05) is 25.4 Å². The molecular weight excluding hydrogens is 319 g/mol. The summed E-state index contributed by atoms with van der Waals surface area (Å²) in [5, 5.41) is 8.22. The molecule has 0 bridgehead atoms. The van der Waals surface area contributed by atoms with Gasteiger partial charge in [-0.05, 0) is 30.2 Å². The highest BCUT2D eigenvalue weighted by Gasteiger charge is 2.28. The van der Waals surface area contributed by atoms with Crippen LogP contribution in [0.2, 0.25) is 0 Å². The summed E-state index contributed by atoms with van der Waals surface area (Å²) in [4.78, 5) is 14.3. The number of halogens is 1. The highest BCUT2D eigenvalue weighted by molar-refractivity contribution is 5.77. The summed E-state index contributed by atoms with van der Waals surface area (Å²) in [7, 11) is 0. The van der Waals surface area contributed by atoms with Crippen molar-refractivity contribution in [1.82, 2.24) is 19.9 Å². The van der Waals surface area contributed by atoms with Gasteiger partial charge in [-0.15, -0.1) is 5.10 Å². The minimum atomic E-state index is -0.184. The van der Waals surface area contributed by atoms with Gasteiger partial charge in [-0.2, -0.15) is 0 Å². The Morgan fingerprint density at radius 2 is 1.96 bits per heavy atom. The number of amides is 1. The Bertz CT molecular complexity index is 907. The maximum Gasteiger partial charge on any atom is 0.224 e. The van der Waals surface area contributed by atoms with Crippen LogP contribution in [-0.4, -0.2) is 38.9 Å². The Labute approximate surface area is 145 Å². The van der Waals surface area contributed by atoms with Crippen LogP contribution in [0.1, 0.15) is 24.3 Å². The van der Waals surface area contributed by atoms with E-state index in [1.54, 1.807) is 10.7 Å². The van der Waals surface area contributed by atoms with E-state index in [0.29, 0.717) is 31.6 Å². The highest BCUT2D eigenvalue weighted by Crippen LogP contribution is 2.29. The number of aromatic nitrogens is 3. The van der Waals surface area contributed by atoms with Crippen molar-refractivity contribution in [2.45, 2.75) is 25.3 Å². The second-order valence-corrected chi connectivity index (χ2v) is 6.40. The fraction of sp³-hybridized carbons (Fsp3) is 0.316. The maximum atomic E-state index is 13.9. The Kier molecular flexibility index (Phi) is 4.17. The van der Waals surface area contributed by atoms with Gasteiger partial charge in [0.1, 0.15) is 11.3 Å². The van der Waals surface area contributed by atoms with Crippen LogP contribution >= 0.6 is 0 Å². The molecule has 0 spiro atoms. The molecule has 0 saturated carbocycles. The van der Waals surface area contributed by atoms with Crippen molar-refractivity contribution in [2.75, 3.05) is 13.1 Å². The third-order valence-corrected chi connectivity index (χ3v) is 4.84. The van der Waals surface area contributed by atoms with Crippen molar-refractivity contribution in [3.8, 4) is 0 Å². The third kappa shape index (κ3) is 3.12. The normalized spacial score (nSPS) is 17.3. The SMILES string of the molecule is O=C(CCn1nnc2ccccc21)N1CC[C@H](c2ccccc2F)C1. The number of carbonyl (C=O) groups excluding carboxylic acids is 1. The highest BCUT2D eigenvalue weighted by atomic mass is 19.1. The van der Waals surface area contributed by atoms with Gasteiger partial charge in [-0.1, -0.05) is 35.5 Å². The van der Waals surface area contributed by atoms with E-state index in [0.717, 1.165) is 17.5 Å². The molecule has 25 heavy (non-hydrogen) atoms. The quantitative estimate of drug-likeness (QED) is 0.735. The number of hydrogen-bond donors (Lipinski definition) is 0. The van der Waals surface area contributed by atoms with E-state index < -0.39 is 0 Å². The molecule has 0 unspecified atom stereocenters. The average Bonchev–Trinajstić information content (AvgIpc) is 3.27. The standard InChI is InChI=1S/C19H19FN4O/c20-16-6-2-1-5-15(16)14-9-11-23(13-14)19(25)10-12-24-18-8-4-3-7-17(18)21-22-24/h1-8,14H,9-13H2/t14-/m0/s1. The van der Waals surface area contributed by atoms with Crippen LogP contribution in [-0.2, 0) is 11.3 Å². The van der Waals surface area contributed by atoms with Gasteiger partial charge in [0.2, 0.25) is 5.91 Å². The second-order valence-electron chi connectivity index (χ2n) is 6.40. The molecule has 1 amide bonds. The number of benzene rings is 2. The van der Waals surface area contributed by atoms with E-state index in [1.165, 1.54) is 6.07 Å². The number of carbonyl (C=O) groups is 1. The second kappa shape index (κ2) is 6.63. The van der Waals surface area contributed by atoms with Crippen LogP contribution in [0.3, 0.4) is 0 Å². The molecule has 1 aromatic heterocycles. The molecule has 0 N–H and O–H groups in total. The first-order valence-corrected chi connectivity index (χ1v) is 8.53. The van der Waals surface area contributed by atoms with Crippen LogP contribution < -0.4 is 0 Å². The van der Waals surface area contributed by atoms with E-state index in [4.69, 9.17) is 0 Å². The van der Waals surface area contributed by atoms with Crippen LogP contribution in [0.15, 0.2) is 48.5 Å². The van der Waals surface area contributed by atoms with Gasteiger partial charge in [0.15, 0.2) is 0 Å². The number of para-hydroxylation sites is 1. The summed E-state index contributed by atoms with van der Waals surface area (Å²) in [6, 6.07) is 14.5. The lowest BCUT2D eigenvalue weighted by atomic mass is 9.98. The predicted octanol–water partition coefficient (Wildman–Crippen LogP) is 2.98. The molecule has 0 radical (unpaired) electrons. The molecule has 1 saturated heterocycles. The number of likely N-dealkylation sites (tertiary alicyclic amines) is 1. The van der Waals surface area contributed by atoms with Gasteiger partial charge >= 0.3 is 0 Å². The molecule has 5 nitrogen and oxygen atoms in total. The molecule has 1 fully saturated rings. The molecule has 6 heteroatoms. The Hall–Kier alpha value is -2.76. The molecule has 1 aliphatic heterocycles. The minimum absolute atomic E-state index is 0.0809. The summed E-state index contributed by atoms with van der Waals surface area (Å²) in [6.07, 6.45) is 1.18. The van der Waals surface area contributed by atoms with Gasteiger partial charge in [-0.25, -0.2) is 9.07 Å². The first kappa shape index (κ1) is 15.7. The van der Waals surface area contributed by atoms with Crippen LogP contribution in [0.5, 0.6) is 0 Å². The summed E-state index contributed by atoms with van der Waals surface area (Å²) < 4.78 is 15.7. The van der Waals surface area contributed by atoms with E-state index in [2.05, 4.69) is 10.3 Å². The van der Waals surface area contributed by atoms with Crippen molar-refractivity contribution in [3.63, 3.8) is 0 Å². The monoisotopic (exact) mass is 338 g/mol. The predicted molar refractivity (Wildman–Crippen MR) is 92.5 cm³/mol. The molecule has 128 valence electrons. The Balaban J connectivity index is 1.38.